The SMILES string of the molecule is CCNC(=NCC1CN(C)CCO1)NC(C)c1ccc(C)c(F)c1. The number of hydrogen-bond acceptors (Lipinski definition) is 3. The van der Waals surface area contributed by atoms with Gasteiger partial charge in [-0.3, -0.25) is 4.99 Å². The normalized spacial score (nSPS) is 20.7. The van der Waals surface area contributed by atoms with E-state index in [1.807, 2.05) is 19.9 Å². The predicted octanol–water partition coefficient (Wildman–Crippen LogP) is 2.08. The number of aryl methyl sites for hydroxylation is 1. The summed E-state index contributed by atoms with van der Waals surface area (Å²) < 4.78 is 19.5. The van der Waals surface area contributed by atoms with Crippen LogP contribution in [0, 0.1) is 12.7 Å². The number of morpholine rings is 1. The lowest BCUT2D eigenvalue weighted by molar-refractivity contribution is -0.0136. The first-order chi connectivity index (χ1) is 11.5. The first kappa shape index (κ1) is 18.7. The lowest BCUT2D eigenvalue weighted by atomic mass is 10.1. The van der Waals surface area contributed by atoms with Gasteiger partial charge in [-0.15, -0.1) is 0 Å². The molecule has 5 nitrogen and oxygen atoms in total. The van der Waals surface area contributed by atoms with Gasteiger partial charge in [0.25, 0.3) is 0 Å². The topological polar surface area (TPSA) is 48.9 Å². The highest BCUT2D eigenvalue weighted by Gasteiger charge is 2.17. The van der Waals surface area contributed by atoms with Crippen molar-refractivity contribution >= 4 is 5.96 Å². The molecule has 0 spiro atoms. The van der Waals surface area contributed by atoms with Gasteiger partial charge in [-0.1, -0.05) is 12.1 Å². The molecule has 2 unspecified atom stereocenters. The Labute approximate surface area is 144 Å². The standard InChI is InChI=1S/C18H29FN4O/c1-5-20-18(21-11-16-12-23(4)8-9-24-16)22-14(3)15-7-6-13(2)17(19)10-15/h6-7,10,14,16H,5,8-9,11-12H2,1-4H3,(H2,20,21,22). The van der Waals surface area contributed by atoms with Gasteiger partial charge in [-0.05, 0) is 45.0 Å². The summed E-state index contributed by atoms with van der Waals surface area (Å²) in [6, 6.07) is 5.29. The van der Waals surface area contributed by atoms with E-state index in [-0.39, 0.29) is 18.0 Å². The minimum absolute atomic E-state index is 0.0344. The van der Waals surface area contributed by atoms with E-state index >= 15 is 0 Å². The molecule has 1 aliphatic heterocycles. The van der Waals surface area contributed by atoms with Crippen LogP contribution in [0.1, 0.15) is 31.0 Å². The summed E-state index contributed by atoms with van der Waals surface area (Å²) in [5.74, 6) is 0.546. The van der Waals surface area contributed by atoms with E-state index in [2.05, 4.69) is 27.6 Å². The van der Waals surface area contributed by atoms with E-state index in [0.29, 0.717) is 12.1 Å². The number of nitrogens with one attached hydrogen (secondary N) is 2. The quantitative estimate of drug-likeness (QED) is 0.638. The first-order valence-electron chi connectivity index (χ1n) is 8.60. The van der Waals surface area contributed by atoms with Gasteiger partial charge >= 0.3 is 0 Å². The van der Waals surface area contributed by atoms with E-state index in [9.17, 15) is 4.39 Å². The second-order valence-corrected chi connectivity index (χ2v) is 6.35. The van der Waals surface area contributed by atoms with Crippen molar-refractivity contribution in [2.75, 3.05) is 39.8 Å². The van der Waals surface area contributed by atoms with Gasteiger partial charge in [0.15, 0.2) is 5.96 Å². The van der Waals surface area contributed by atoms with Crippen LogP contribution in [0.25, 0.3) is 0 Å². The molecule has 1 aromatic carbocycles. The lowest BCUT2D eigenvalue weighted by Crippen LogP contribution is -2.43. The van der Waals surface area contributed by atoms with Gasteiger partial charge in [0.1, 0.15) is 5.82 Å². The van der Waals surface area contributed by atoms with Crippen molar-refractivity contribution in [1.82, 2.24) is 15.5 Å². The van der Waals surface area contributed by atoms with Crippen LogP contribution in [-0.4, -0.2) is 56.8 Å². The third-order valence-electron chi connectivity index (χ3n) is 4.19. The average Bonchev–Trinajstić information content (AvgIpc) is 2.55. The van der Waals surface area contributed by atoms with Crippen molar-refractivity contribution in [3.63, 3.8) is 0 Å². The summed E-state index contributed by atoms with van der Waals surface area (Å²) in [5, 5.41) is 6.57. The number of ether oxygens (including phenoxy) is 1. The molecule has 6 heteroatoms. The molecule has 0 radical (unpaired) electrons. The number of nitrogens with zero attached hydrogens (tertiary/aromatic N) is 2. The van der Waals surface area contributed by atoms with Crippen LogP contribution in [0.15, 0.2) is 23.2 Å². The maximum absolute atomic E-state index is 13.8. The molecule has 1 heterocycles. The molecule has 2 atom stereocenters. The maximum Gasteiger partial charge on any atom is 0.191 e. The minimum atomic E-state index is -0.179. The smallest absolute Gasteiger partial charge is 0.191 e. The van der Waals surface area contributed by atoms with Crippen molar-refractivity contribution in [1.29, 1.82) is 0 Å². The van der Waals surface area contributed by atoms with E-state index in [0.717, 1.165) is 37.8 Å². The molecule has 1 fully saturated rings. The summed E-state index contributed by atoms with van der Waals surface area (Å²) in [4.78, 5) is 6.88. The first-order valence-corrected chi connectivity index (χ1v) is 8.60. The van der Waals surface area contributed by atoms with Crippen LogP contribution in [0.4, 0.5) is 4.39 Å². The van der Waals surface area contributed by atoms with Crippen molar-refractivity contribution in [3.8, 4) is 0 Å². The lowest BCUT2D eigenvalue weighted by Gasteiger charge is -2.29. The minimum Gasteiger partial charge on any atom is -0.374 e. The highest BCUT2D eigenvalue weighted by atomic mass is 19.1. The predicted molar refractivity (Wildman–Crippen MR) is 95.9 cm³/mol. The van der Waals surface area contributed by atoms with Gasteiger partial charge in [0.2, 0.25) is 0 Å². The number of rotatable bonds is 5. The summed E-state index contributed by atoms with van der Waals surface area (Å²) in [6.07, 6.45) is 0.117. The van der Waals surface area contributed by atoms with E-state index < -0.39 is 0 Å². The Bertz CT molecular complexity index is 564. The molecular formula is C18H29FN4O. The fourth-order valence-corrected chi connectivity index (χ4v) is 2.66. The maximum atomic E-state index is 13.8. The molecule has 2 rings (SSSR count). The van der Waals surface area contributed by atoms with Crippen molar-refractivity contribution in [2.45, 2.75) is 32.9 Å². The number of aliphatic imine (C=N–C) groups is 1. The molecule has 1 aliphatic rings. The molecule has 134 valence electrons. The molecule has 0 aromatic heterocycles. The molecule has 0 saturated carbocycles. The van der Waals surface area contributed by atoms with Crippen LogP contribution in [0.5, 0.6) is 0 Å². The number of halogens is 1. The second kappa shape index (κ2) is 8.99. The number of hydrogen-bond donors (Lipinski definition) is 2. The molecule has 2 N–H and O–H groups in total. The molecular weight excluding hydrogens is 307 g/mol. The Balaban J connectivity index is 1.98. The molecule has 1 saturated heterocycles. The molecule has 0 aliphatic carbocycles. The molecule has 0 amide bonds. The zero-order chi connectivity index (χ0) is 17.5. The number of guanidine groups is 1. The molecule has 0 bridgehead atoms. The van der Waals surface area contributed by atoms with Crippen LogP contribution in [0.3, 0.4) is 0 Å². The largest absolute Gasteiger partial charge is 0.374 e. The van der Waals surface area contributed by atoms with Gasteiger partial charge in [0.05, 0.1) is 25.3 Å². The Morgan fingerprint density at radius 3 is 2.96 bits per heavy atom. The average molecular weight is 336 g/mol. The van der Waals surface area contributed by atoms with E-state index in [4.69, 9.17) is 4.74 Å². The highest BCUT2D eigenvalue weighted by molar-refractivity contribution is 5.80. The summed E-state index contributed by atoms with van der Waals surface area (Å²) >= 11 is 0. The van der Waals surface area contributed by atoms with E-state index in [1.165, 1.54) is 0 Å². The van der Waals surface area contributed by atoms with Crippen molar-refractivity contribution in [3.05, 3.63) is 35.1 Å². The van der Waals surface area contributed by atoms with Crippen LogP contribution in [0.2, 0.25) is 0 Å². The second-order valence-electron chi connectivity index (χ2n) is 6.35. The van der Waals surface area contributed by atoms with Crippen molar-refractivity contribution in [2.24, 2.45) is 4.99 Å². The Kier molecular flexibility index (Phi) is 6.99. The summed E-state index contributed by atoms with van der Waals surface area (Å²) in [7, 11) is 2.09. The number of likely N-dealkylation sites (N-methyl/N-ethyl adjacent to an activating group) is 1. The van der Waals surface area contributed by atoms with Crippen LogP contribution >= 0.6 is 0 Å². The fourth-order valence-electron chi connectivity index (χ4n) is 2.66. The highest BCUT2D eigenvalue weighted by Crippen LogP contribution is 2.16. The van der Waals surface area contributed by atoms with Gasteiger partial charge in [-0.25, -0.2) is 4.39 Å². The number of benzene rings is 1. The van der Waals surface area contributed by atoms with Gasteiger partial charge < -0.3 is 20.3 Å². The fraction of sp³-hybridized carbons (Fsp3) is 0.611. The third-order valence-corrected chi connectivity index (χ3v) is 4.19. The molecule has 1 aromatic rings. The summed E-state index contributed by atoms with van der Waals surface area (Å²) in [5.41, 5.74) is 1.56. The Hall–Kier alpha value is -1.66. The zero-order valence-electron chi connectivity index (χ0n) is 15.1. The van der Waals surface area contributed by atoms with Crippen molar-refractivity contribution < 1.29 is 9.13 Å². The zero-order valence-corrected chi connectivity index (χ0v) is 15.1. The third kappa shape index (κ3) is 5.46. The van der Waals surface area contributed by atoms with Gasteiger partial charge in [-0.2, -0.15) is 0 Å². The Morgan fingerprint density at radius 2 is 2.29 bits per heavy atom. The van der Waals surface area contributed by atoms with E-state index in [1.54, 1.807) is 19.1 Å². The monoisotopic (exact) mass is 336 g/mol. The van der Waals surface area contributed by atoms with Crippen LogP contribution in [-0.2, 0) is 4.74 Å². The Morgan fingerprint density at radius 1 is 1.50 bits per heavy atom. The van der Waals surface area contributed by atoms with Gasteiger partial charge in [0, 0.05) is 19.6 Å². The van der Waals surface area contributed by atoms with Crippen LogP contribution < -0.4 is 10.6 Å². The molecule has 24 heavy (non-hydrogen) atoms. The summed E-state index contributed by atoms with van der Waals surface area (Å²) in [6.45, 7) is 9.78.